The summed E-state index contributed by atoms with van der Waals surface area (Å²) in [5.74, 6) is -0.498. The van der Waals surface area contributed by atoms with E-state index in [0.717, 1.165) is 0 Å². The van der Waals surface area contributed by atoms with Gasteiger partial charge in [-0.05, 0) is 46.6 Å². The molecular formula is C24H24BrClN2O5S. The molecule has 7 nitrogen and oxygen atoms in total. The first kappa shape index (κ1) is 24.9. The first-order chi connectivity index (χ1) is 16.4. The van der Waals surface area contributed by atoms with Crippen molar-refractivity contribution in [3.63, 3.8) is 0 Å². The number of ether oxygens (including phenoxy) is 2. The molecule has 1 saturated heterocycles. The fourth-order valence-corrected chi connectivity index (χ4v) is 5.47. The number of esters is 1. The summed E-state index contributed by atoms with van der Waals surface area (Å²) < 4.78 is 25.6. The first-order valence-electron chi connectivity index (χ1n) is 10.8. The molecule has 0 radical (unpaired) electrons. The number of phenols is 1. The zero-order valence-corrected chi connectivity index (χ0v) is 21.9. The number of benzene rings is 2. The molecule has 0 saturated carbocycles. The van der Waals surface area contributed by atoms with Gasteiger partial charge in [0, 0.05) is 42.7 Å². The Morgan fingerprint density at radius 2 is 2.03 bits per heavy atom. The smallest absolute Gasteiger partial charge is 0.341 e. The standard InChI is InChI=1S/C24H24BrClN2O5S/c1-3-33-24(30)20-19-16(13-28-7-9-32-10-8-28)22(29)17(25)12-18(19)27(2)21(20)23(34-31)14-5-4-6-15(26)11-14/h4-6,11-12,29H,3,7-10,13H2,1-2H3. The van der Waals surface area contributed by atoms with E-state index in [-0.39, 0.29) is 17.9 Å². The van der Waals surface area contributed by atoms with Crippen LogP contribution in [0.5, 0.6) is 5.75 Å². The Balaban J connectivity index is 2.04. The second-order valence-corrected chi connectivity index (χ2v) is 9.76. The van der Waals surface area contributed by atoms with E-state index in [1.807, 2.05) is 0 Å². The van der Waals surface area contributed by atoms with Crippen LogP contribution in [0.1, 0.15) is 34.1 Å². The normalized spacial score (nSPS) is 14.4. The molecule has 1 fully saturated rings. The number of nitrogens with zero attached hydrogens (tertiary/aromatic N) is 2. The van der Waals surface area contributed by atoms with Crippen molar-refractivity contribution < 1.29 is 23.6 Å². The highest BCUT2D eigenvalue weighted by Crippen LogP contribution is 2.40. The minimum atomic E-state index is -0.554. The van der Waals surface area contributed by atoms with Crippen LogP contribution in [0.2, 0.25) is 5.02 Å². The number of morpholine rings is 1. The van der Waals surface area contributed by atoms with Crippen LogP contribution in [0.4, 0.5) is 0 Å². The van der Waals surface area contributed by atoms with Crippen LogP contribution in [0.3, 0.4) is 0 Å². The van der Waals surface area contributed by atoms with E-state index in [0.29, 0.717) is 86.2 Å². The molecule has 0 aliphatic carbocycles. The molecule has 4 rings (SSSR count). The SMILES string of the molecule is CCOC(=O)c1c(C(=S=O)c2cccc(Cl)c2)n(C)c2cc(Br)c(O)c(CN3CCOCC3)c12. The van der Waals surface area contributed by atoms with Gasteiger partial charge in [0.2, 0.25) is 0 Å². The number of hydrogen-bond acceptors (Lipinski definition) is 6. The van der Waals surface area contributed by atoms with Crippen molar-refractivity contribution in [2.45, 2.75) is 13.5 Å². The predicted molar refractivity (Wildman–Crippen MR) is 137 cm³/mol. The molecule has 3 aromatic rings. The third kappa shape index (κ3) is 4.67. The molecule has 0 bridgehead atoms. The Morgan fingerprint density at radius 3 is 2.68 bits per heavy atom. The number of halogens is 2. The van der Waals surface area contributed by atoms with Gasteiger partial charge in [-0.25, -0.2) is 9.00 Å². The van der Waals surface area contributed by atoms with Crippen LogP contribution >= 0.6 is 27.5 Å². The topological polar surface area (TPSA) is 81.0 Å². The Morgan fingerprint density at radius 1 is 1.29 bits per heavy atom. The Kier molecular flexibility index (Phi) is 7.79. The molecule has 0 amide bonds. The predicted octanol–water partition coefficient (Wildman–Crippen LogP) is 4.09. The van der Waals surface area contributed by atoms with Gasteiger partial charge in [-0.2, -0.15) is 0 Å². The number of phenolic OH excluding ortho intramolecular Hbond substituents is 1. The zero-order valence-electron chi connectivity index (χ0n) is 18.8. The van der Waals surface area contributed by atoms with Gasteiger partial charge in [0.05, 0.1) is 57.2 Å². The molecule has 1 aromatic heterocycles. The van der Waals surface area contributed by atoms with Crippen LogP contribution in [-0.2, 0) is 34.3 Å². The summed E-state index contributed by atoms with van der Waals surface area (Å²) in [7, 11) is 1.79. The van der Waals surface area contributed by atoms with Gasteiger partial charge in [0.15, 0.2) is 0 Å². The molecular weight excluding hydrogens is 544 g/mol. The van der Waals surface area contributed by atoms with E-state index < -0.39 is 5.97 Å². The van der Waals surface area contributed by atoms with Crippen LogP contribution in [0, 0.1) is 0 Å². The van der Waals surface area contributed by atoms with Crippen LogP contribution in [0.25, 0.3) is 10.9 Å². The summed E-state index contributed by atoms with van der Waals surface area (Å²) in [5, 5.41) is 12.1. The number of hydrogen-bond donors (Lipinski definition) is 1. The van der Waals surface area contributed by atoms with Gasteiger partial charge in [-0.1, -0.05) is 23.7 Å². The van der Waals surface area contributed by atoms with E-state index in [9.17, 15) is 14.1 Å². The molecule has 1 aliphatic rings. The Hall–Kier alpha value is -2.17. The van der Waals surface area contributed by atoms with E-state index in [1.54, 1.807) is 48.9 Å². The van der Waals surface area contributed by atoms with Crippen LogP contribution in [0.15, 0.2) is 34.8 Å². The number of fused-ring (bicyclic) bond motifs is 1. The first-order valence-corrected chi connectivity index (χ1v) is 12.7. The van der Waals surface area contributed by atoms with Crippen LogP contribution < -0.4 is 0 Å². The lowest BCUT2D eigenvalue weighted by Gasteiger charge is -2.27. The quantitative estimate of drug-likeness (QED) is 0.275. The van der Waals surface area contributed by atoms with Gasteiger partial charge in [0.1, 0.15) is 5.75 Å². The van der Waals surface area contributed by atoms with E-state index >= 15 is 0 Å². The summed E-state index contributed by atoms with van der Waals surface area (Å²) in [5.41, 5.74) is 2.57. The molecule has 10 heteroatoms. The lowest BCUT2D eigenvalue weighted by atomic mass is 10.00. The van der Waals surface area contributed by atoms with Crippen LogP contribution in [-0.4, -0.2) is 62.5 Å². The number of aromatic nitrogens is 1. The van der Waals surface area contributed by atoms with Crippen molar-refractivity contribution in [3.8, 4) is 5.75 Å². The van der Waals surface area contributed by atoms with Crippen molar-refractivity contribution in [2.75, 3.05) is 32.9 Å². The van der Waals surface area contributed by atoms with Gasteiger partial charge < -0.3 is 19.1 Å². The van der Waals surface area contributed by atoms with E-state index in [2.05, 4.69) is 20.8 Å². The maximum absolute atomic E-state index is 13.3. The highest BCUT2D eigenvalue weighted by Gasteiger charge is 2.30. The fraction of sp³-hybridized carbons (Fsp3) is 0.333. The molecule has 180 valence electrons. The summed E-state index contributed by atoms with van der Waals surface area (Å²) >= 11 is 9.96. The highest BCUT2D eigenvalue weighted by molar-refractivity contribution is 9.10. The number of carbonyl (C=O) groups excluding carboxylic acids is 1. The number of aromatic hydroxyl groups is 1. The number of carbonyl (C=O) groups is 1. The van der Waals surface area contributed by atoms with Crippen molar-refractivity contribution in [1.29, 1.82) is 0 Å². The molecule has 2 heterocycles. The molecule has 2 aromatic carbocycles. The molecule has 1 aliphatic heterocycles. The summed E-state index contributed by atoms with van der Waals surface area (Å²) in [6, 6.07) is 8.70. The number of aryl methyl sites for hydroxylation is 1. The summed E-state index contributed by atoms with van der Waals surface area (Å²) in [6.07, 6.45) is 0. The Labute approximate surface area is 214 Å². The summed E-state index contributed by atoms with van der Waals surface area (Å²) in [6.45, 7) is 4.93. The number of rotatable bonds is 6. The third-order valence-corrected chi connectivity index (χ3v) is 7.30. The maximum atomic E-state index is 13.3. The highest BCUT2D eigenvalue weighted by atomic mass is 79.9. The van der Waals surface area contributed by atoms with Gasteiger partial charge in [-0.3, -0.25) is 4.90 Å². The minimum Gasteiger partial charge on any atom is -0.506 e. The Bertz CT molecular complexity index is 1310. The lowest BCUT2D eigenvalue weighted by Crippen LogP contribution is -2.35. The average molecular weight is 568 g/mol. The lowest BCUT2D eigenvalue weighted by molar-refractivity contribution is 0.0340. The van der Waals surface area contributed by atoms with Crippen molar-refractivity contribution in [3.05, 3.63) is 62.2 Å². The van der Waals surface area contributed by atoms with Crippen molar-refractivity contribution in [2.24, 2.45) is 7.05 Å². The van der Waals surface area contributed by atoms with E-state index in [1.165, 1.54) is 0 Å². The monoisotopic (exact) mass is 566 g/mol. The second-order valence-electron chi connectivity index (χ2n) is 7.89. The minimum absolute atomic E-state index is 0.0563. The largest absolute Gasteiger partial charge is 0.506 e. The average Bonchev–Trinajstić information content (AvgIpc) is 3.10. The maximum Gasteiger partial charge on any atom is 0.341 e. The molecule has 0 atom stereocenters. The second kappa shape index (κ2) is 10.6. The molecule has 1 N–H and O–H groups in total. The summed E-state index contributed by atoms with van der Waals surface area (Å²) in [4.78, 5) is 15.8. The molecule has 0 unspecified atom stereocenters. The molecule has 34 heavy (non-hydrogen) atoms. The zero-order chi connectivity index (χ0) is 24.4. The van der Waals surface area contributed by atoms with Crippen molar-refractivity contribution in [1.82, 2.24) is 9.47 Å². The van der Waals surface area contributed by atoms with Gasteiger partial charge in [-0.15, -0.1) is 0 Å². The van der Waals surface area contributed by atoms with Gasteiger partial charge in [0.25, 0.3) is 0 Å². The fourth-order valence-electron chi connectivity index (χ4n) is 4.29. The van der Waals surface area contributed by atoms with Gasteiger partial charge >= 0.3 is 5.97 Å². The third-order valence-electron chi connectivity index (χ3n) is 5.87. The molecule has 0 spiro atoms. The van der Waals surface area contributed by atoms with E-state index in [4.69, 9.17) is 21.1 Å². The van der Waals surface area contributed by atoms with Crippen molar-refractivity contribution >= 4 is 60.5 Å².